The first-order valence-electron chi connectivity index (χ1n) is 7.94. The van der Waals surface area contributed by atoms with E-state index in [2.05, 4.69) is 10.3 Å². The molecule has 128 valence electrons. The van der Waals surface area contributed by atoms with Gasteiger partial charge in [-0.25, -0.2) is 9.37 Å². The van der Waals surface area contributed by atoms with Gasteiger partial charge in [0, 0.05) is 18.3 Å². The first-order chi connectivity index (χ1) is 12.3. The van der Waals surface area contributed by atoms with Crippen molar-refractivity contribution in [1.29, 1.82) is 0 Å². The predicted molar refractivity (Wildman–Crippen MR) is 95.3 cm³/mol. The van der Waals surface area contributed by atoms with Crippen LogP contribution in [0.5, 0.6) is 11.5 Å². The lowest BCUT2D eigenvalue weighted by molar-refractivity contribution is 0.279. The van der Waals surface area contributed by atoms with E-state index in [-0.39, 0.29) is 12.4 Å². The van der Waals surface area contributed by atoms with Gasteiger partial charge >= 0.3 is 0 Å². The van der Waals surface area contributed by atoms with E-state index in [9.17, 15) is 4.39 Å². The van der Waals surface area contributed by atoms with Gasteiger partial charge in [0.25, 0.3) is 0 Å². The van der Waals surface area contributed by atoms with Gasteiger partial charge in [-0.3, -0.25) is 0 Å². The molecule has 0 saturated carbocycles. The van der Waals surface area contributed by atoms with Crippen molar-refractivity contribution in [2.75, 3.05) is 12.4 Å². The van der Waals surface area contributed by atoms with Crippen molar-refractivity contribution < 1.29 is 13.9 Å². The number of nitrogens with one attached hydrogen (secondary N) is 1. The van der Waals surface area contributed by atoms with Crippen LogP contribution in [-0.4, -0.2) is 12.1 Å². The topological polar surface area (TPSA) is 43.4 Å². The standard InChI is InChI=1S/C20H19FN2O2/c1-24-18-10-9-15(13-23-20-8-4-5-11-22-20)12-19(18)25-14-16-6-2-3-7-17(16)21/h2-12H,13-14H2,1H3,(H,22,23). The van der Waals surface area contributed by atoms with Crippen molar-refractivity contribution in [3.05, 3.63) is 83.8 Å². The molecule has 3 aromatic rings. The Morgan fingerprint density at radius 3 is 2.60 bits per heavy atom. The summed E-state index contributed by atoms with van der Waals surface area (Å²) < 4.78 is 24.8. The Kier molecular flexibility index (Phi) is 5.46. The highest BCUT2D eigenvalue weighted by molar-refractivity contribution is 5.44. The molecule has 0 unspecified atom stereocenters. The second kappa shape index (κ2) is 8.15. The monoisotopic (exact) mass is 338 g/mol. The van der Waals surface area contributed by atoms with Crippen molar-refractivity contribution in [2.24, 2.45) is 0 Å². The molecule has 0 bridgehead atoms. The molecular weight excluding hydrogens is 319 g/mol. The molecule has 0 aliphatic carbocycles. The summed E-state index contributed by atoms with van der Waals surface area (Å²) >= 11 is 0. The second-order valence-electron chi connectivity index (χ2n) is 5.43. The quantitative estimate of drug-likeness (QED) is 0.692. The van der Waals surface area contributed by atoms with Gasteiger partial charge in [0.05, 0.1) is 7.11 Å². The molecule has 0 amide bonds. The van der Waals surface area contributed by atoms with Crippen molar-refractivity contribution in [3.63, 3.8) is 0 Å². The average Bonchev–Trinajstić information content (AvgIpc) is 2.66. The summed E-state index contributed by atoms with van der Waals surface area (Å²) in [4.78, 5) is 4.23. The highest BCUT2D eigenvalue weighted by Crippen LogP contribution is 2.29. The Morgan fingerprint density at radius 1 is 1.00 bits per heavy atom. The van der Waals surface area contributed by atoms with Gasteiger partial charge in [-0.05, 0) is 35.9 Å². The smallest absolute Gasteiger partial charge is 0.162 e. The number of hydrogen-bond acceptors (Lipinski definition) is 4. The van der Waals surface area contributed by atoms with E-state index in [0.717, 1.165) is 11.4 Å². The van der Waals surface area contributed by atoms with Crippen LogP contribution in [0.15, 0.2) is 66.9 Å². The lowest BCUT2D eigenvalue weighted by Crippen LogP contribution is -2.03. The zero-order chi connectivity index (χ0) is 17.5. The number of methoxy groups -OCH3 is 1. The van der Waals surface area contributed by atoms with Gasteiger partial charge in [-0.1, -0.05) is 30.3 Å². The fourth-order valence-electron chi connectivity index (χ4n) is 2.37. The lowest BCUT2D eigenvalue weighted by Gasteiger charge is -2.13. The highest BCUT2D eigenvalue weighted by atomic mass is 19.1. The zero-order valence-corrected chi connectivity index (χ0v) is 13.9. The summed E-state index contributed by atoms with van der Waals surface area (Å²) in [7, 11) is 1.58. The SMILES string of the molecule is COc1ccc(CNc2ccccn2)cc1OCc1ccccc1F. The third-order valence-electron chi connectivity index (χ3n) is 3.71. The molecule has 0 radical (unpaired) electrons. The van der Waals surface area contributed by atoms with Crippen LogP contribution in [-0.2, 0) is 13.2 Å². The number of halogens is 1. The molecule has 4 nitrogen and oxygen atoms in total. The van der Waals surface area contributed by atoms with E-state index in [0.29, 0.717) is 23.6 Å². The van der Waals surface area contributed by atoms with Gasteiger partial charge in [0.1, 0.15) is 18.2 Å². The first-order valence-corrected chi connectivity index (χ1v) is 7.94. The van der Waals surface area contributed by atoms with Gasteiger partial charge in [-0.15, -0.1) is 0 Å². The molecule has 0 spiro atoms. The third-order valence-corrected chi connectivity index (χ3v) is 3.71. The Bertz CT molecular complexity index is 825. The summed E-state index contributed by atoms with van der Waals surface area (Å²) in [5.74, 6) is 1.70. The minimum atomic E-state index is -0.283. The molecule has 0 atom stereocenters. The molecule has 1 N–H and O–H groups in total. The number of aromatic nitrogens is 1. The molecule has 5 heteroatoms. The fourth-order valence-corrected chi connectivity index (χ4v) is 2.37. The van der Waals surface area contributed by atoms with E-state index < -0.39 is 0 Å². The largest absolute Gasteiger partial charge is 0.493 e. The van der Waals surface area contributed by atoms with Crippen LogP contribution < -0.4 is 14.8 Å². The number of hydrogen-bond donors (Lipinski definition) is 1. The normalized spacial score (nSPS) is 10.3. The number of ether oxygens (including phenoxy) is 2. The Hall–Kier alpha value is -3.08. The van der Waals surface area contributed by atoms with Crippen molar-refractivity contribution in [1.82, 2.24) is 4.98 Å². The van der Waals surface area contributed by atoms with E-state index >= 15 is 0 Å². The molecule has 0 aliphatic rings. The second-order valence-corrected chi connectivity index (χ2v) is 5.43. The number of anilines is 1. The third kappa shape index (κ3) is 4.47. The van der Waals surface area contributed by atoms with E-state index in [4.69, 9.17) is 9.47 Å². The van der Waals surface area contributed by atoms with Gasteiger partial charge in [-0.2, -0.15) is 0 Å². The Labute approximate surface area is 146 Å². The maximum atomic E-state index is 13.7. The summed E-state index contributed by atoms with van der Waals surface area (Å²) in [6.45, 7) is 0.733. The zero-order valence-electron chi connectivity index (χ0n) is 13.9. The molecule has 0 saturated heterocycles. The predicted octanol–water partition coefficient (Wildman–Crippen LogP) is 4.42. The number of pyridine rings is 1. The molecule has 0 fully saturated rings. The van der Waals surface area contributed by atoms with Gasteiger partial charge < -0.3 is 14.8 Å². The fraction of sp³-hybridized carbons (Fsp3) is 0.150. The van der Waals surface area contributed by atoms with Crippen LogP contribution in [0.4, 0.5) is 10.2 Å². The summed E-state index contributed by atoms with van der Waals surface area (Å²) in [6, 6.07) is 17.9. The highest BCUT2D eigenvalue weighted by Gasteiger charge is 2.08. The first kappa shape index (κ1) is 16.8. The van der Waals surface area contributed by atoms with E-state index in [1.165, 1.54) is 6.07 Å². The maximum Gasteiger partial charge on any atom is 0.162 e. The van der Waals surface area contributed by atoms with Crippen molar-refractivity contribution >= 4 is 5.82 Å². The summed E-state index contributed by atoms with van der Waals surface area (Å²) in [5, 5.41) is 3.24. The van der Waals surface area contributed by atoms with Crippen LogP contribution in [0.2, 0.25) is 0 Å². The Balaban J connectivity index is 1.70. The van der Waals surface area contributed by atoms with Crippen molar-refractivity contribution in [2.45, 2.75) is 13.2 Å². The minimum absolute atomic E-state index is 0.139. The number of rotatable bonds is 7. The average molecular weight is 338 g/mol. The van der Waals surface area contributed by atoms with Crippen LogP contribution >= 0.6 is 0 Å². The molecule has 0 aliphatic heterocycles. The van der Waals surface area contributed by atoms with Gasteiger partial charge in [0.2, 0.25) is 0 Å². The maximum absolute atomic E-state index is 13.7. The van der Waals surface area contributed by atoms with Crippen LogP contribution in [0.1, 0.15) is 11.1 Å². The molecule has 25 heavy (non-hydrogen) atoms. The number of benzene rings is 2. The van der Waals surface area contributed by atoms with Crippen LogP contribution in [0.3, 0.4) is 0 Å². The number of nitrogens with zero attached hydrogens (tertiary/aromatic N) is 1. The summed E-state index contributed by atoms with van der Waals surface area (Å²) in [6.07, 6.45) is 1.74. The molecule has 2 aromatic carbocycles. The molecule has 1 heterocycles. The van der Waals surface area contributed by atoms with E-state index in [1.54, 1.807) is 31.5 Å². The Morgan fingerprint density at radius 2 is 1.84 bits per heavy atom. The van der Waals surface area contributed by atoms with Crippen molar-refractivity contribution in [3.8, 4) is 11.5 Å². The van der Waals surface area contributed by atoms with Crippen LogP contribution in [0, 0.1) is 5.82 Å². The van der Waals surface area contributed by atoms with Gasteiger partial charge in [0.15, 0.2) is 11.5 Å². The van der Waals surface area contributed by atoms with E-state index in [1.807, 2.05) is 36.4 Å². The molecule has 3 rings (SSSR count). The molecule has 1 aromatic heterocycles. The summed E-state index contributed by atoms with van der Waals surface area (Å²) in [5.41, 5.74) is 1.51. The molecular formula is C20H19FN2O2. The van der Waals surface area contributed by atoms with Crippen LogP contribution in [0.25, 0.3) is 0 Å². The lowest BCUT2D eigenvalue weighted by atomic mass is 10.2. The minimum Gasteiger partial charge on any atom is -0.493 e.